The fourth-order valence-electron chi connectivity index (χ4n) is 2.57. The molecule has 0 spiro atoms. The van der Waals surface area contributed by atoms with Crippen LogP contribution in [-0.2, 0) is 14.8 Å². The number of aliphatic carboxylic acids is 1. The van der Waals surface area contributed by atoms with Gasteiger partial charge in [0, 0.05) is 11.6 Å². The molecule has 9 heteroatoms. The molecule has 1 fully saturated rings. The minimum Gasteiger partial charge on any atom is -0.480 e. The highest BCUT2D eigenvalue weighted by molar-refractivity contribution is 7.99. The van der Waals surface area contributed by atoms with Crippen LogP contribution in [0.5, 0.6) is 0 Å². The van der Waals surface area contributed by atoms with Crippen molar-refractivity contribution in [1.82, 2.24) is 10.0 Å². The number of hydrogen-bond acceptors (Lipinski definition) is 5. The molecular weight excluding hydrogens is 364 g/mol. The number of hydrogen-bond donors (Lipinski definition) is 3. The van der Waals surface area contributed by atoms with E-state index in [4.69, 9.17) is 0 Å². The van der Waals surface area contributed by atoms with E-state index in [1.807, 2.05) is 0 Å². The van der Waals surface area contributed by atoms with Crippen LogP contribution >= 0.6 is 11.8 Å². The number of carboxylic acid groups (broad SMARTS) is 1. The zero-order valence-corrected chi connectivity index (χ0v) is 15.7. The minimum absolute atomic E-state index is 0.0553. The standard InChI is InChI=1S/C16H22N2O5S2/c1-11(2)18-25(22,23)13-5-3-12(4-6-13)14(19)17-16(15(20)21)7-9-24-10-8-16/h3-6,11,18H,7-10H2,1-2H3,(H,17,19)(H,20,21). The molecule has 1 aromatic rings. The van der Waals surface area contributed by atoms with Crippen LogP contribution in [0.2, 0.25) is 0 Å². The highest BCUT2D eigenvalue weighted by Gasteiger charge is 2.41. The lowest BCUT2D eigenvalue weighted by Gasteiger charge is -2.33. The number of rotatable bonds is 6. The first-order chi connectivity index (χ1) is 11.7. The summed E-state index contributed by atoms with van der Waals surface area (Å²) in [6, 6.07) is 5.20. The maximum atomic E-state index is 12.4. The highest BCUT2D eigenvalue weighted by Crippen LogP contribution is 2.28. The minimum atomic E-state index is -3.63. The number of nitrogens with one attached hydrogen (secondary N) is 2. The lowest BCUT2D eigenvalue weighted by molar-refractivity contribution is -0.144. The molecule has 0 atom stereocenters. The zero-order valence-electron chi connectivity index (χ0n) is 14.1. The Morgan fingerprint density at radius 3 is 2.20 bits per heavy atom. The van der Waals surface area contributed by atoms with E-state index in [9.17, 15) is 23.1 Å². The monoisotopic (exact) mass is 386 g/mol. The predicted molar refractivity (Wildman–Crippen MR) is 96.3 cm³/mol. The predicted octanol–water partition coefficient (Wildman–Crippen LogP) is 1.45. The molecule has 1 heterocycles. The van der Waals surface area contributed by atoms with Crippen LogP contribution in [0.4, 0.5) is 0 Å². The fourth-order valence-corrected chi connectivity index (χ4v) is 5.01. The second kappa shape index (κ2) is 7.76. The number of carboxylic acids is 1. The molecule has 3 N–H and O–H groups in total. The highest BCUT2D eigenvalue weighted by atomic mass is 32.2. The van der Waals surface area contributed by atoms with Gasteiger partial charge in [-0.25, -0.2) is 17.9 Å². The number of sulfonamides is 1. The van der Waals surface area contributed by atoms with E-state index in [1.165, 1.54) is 24.3 Å². The van der Waals surface area contributed by atoms with Crippen molar-refractivity contribution in [3.63, 3.8) is 0 Å². The van der Waals surface area contributed by atoms with E-state index in [2.05, 4.69) is 10.0 Å². The first-order valence-electron chi connectivity index (χ1n) is 7.92. The van der Waals surface area contributed by atoms with Crippen LogP contribution in [-0.4, -0.2) is 48.5 Å². The largest absolute Gasteiger partial charge is 0.480 e. The first kappa shape index (κ1) is 19.7. The summed E-state index contributed by atoms with van der Waals surface area (Å²) in [5.74, 6) is -0.216. The Bertz CT molecular complexity index is 738. The molecule has 1 aromatic carbocycles. The van der Waals surface area contributed by atoms with Crippen molar-refractivity contribution in [2.24, 2.45) is 0 Å². The van der Waals surface area contributed by atoms with Crippen molar-refractivity contribution in [3.05, 3.63) is 29.8 Å². The molecule has 2 rings (SSSR count). The van der Waals surface area contributed by atoms with Crippen molar-refractivity contribution in [3.8, 4) is 0 Å². The Morgan fingerprint density at radius 2 is 1.72 bits per heavy atom. The maximum Gasteiger partial charge on any atom is 0.329 e. The molecule has 0 unspecified atom stereocenters. The van der Waals surface area contributed by atoms with Crippen LogP contribution in [0, 0.1) is 0 Å². The molecule has 1 amide bonds. The summed E-state index contributed by atoms with van der Waals surface area (Å²) in [6.07, 6.45) is 0.729. The molecular formula is C16H22N2O5S2. The van der Waals surface area contributed by atoms with Gasteiger partial charge in [-0.05, 0) is 62.5 Å². The van der Waals surface area contributed by atoms with Gasteiger partial charge in [0.15, 0.2) is 0 Å². The molecule has 0 bridgehead atoms. The van der Waals surface area contributed by atoms with E-state index in [0.29, 0.717) is 24.3 Å². The normalized spacial score (nSPS) is 17.2. The summed E-state index contributed by atoms with van der Waals surface area (Å²) in [4.78, 5) is 24.1. The lowest BCUT2D eigenvalue weighted by atomic mass is 9.92. The first-order valence-corrected chi connectivity index (χ1v) is 10.6. The third-order valence-corrected chi connectivity index (χ3v) is 6.59. The van der Waals surface area contributed by atoms with Crippen molar-refractivity contribution in [1.29, 1.82) is 0 Å². The Balaban J connectivity index is 2.16. The Labute approximate surface area is 151 Å². The Morgan fingerprint density at radius 1 is 1.16 bits per heavy atom. The summed E-state index contributed by atoms with van der Waals surface area (Å²) < 4.78 is 26.6. The second-order valence-electron chi connectivity index (χ2n) is 6.25. The van der Waals surface area contributed by atoms with Gasteiger partial charge in [0.1, 0.15) is 5.54 Å². The van der Waals surface area contributed by atoms with Crippen molar-refractivity contribution >= 4 is 33.7 Å². The van der Waals surface area contributed by atoms with Gasteiger partial charge in [0.05, 0.1) is 4.90 Å². The summed E-state index contributed by atoms with van der Waals surface area (Å²) in [5.41, 5.74) is -1.03. The zero-order chi connectivity index (χ0) is 18.7. The van der Waals surface area contributed by atoms with Gasteiger partial charge in [-0.15, -0.1) is 0 Å². The van der Waals surface area contributed by atoms with Crippen LogP contribution in [0.1, 0.15) is 37.0 Å². The van der Waals surface area contributed by atoms with E-state index < -0.39 is 27.4 Å². The molecule has 0 saturated carbocycles. The van der Waals surface area contributed by atoms with E-state index in [1.54, 1.807) is 25.6 Å². The molecule has 0 aliphatic carbocycles. The third-order valence-electron chi connectivity index (χ3n) is 3.93. The van der Waals surface area contributed by atoms with Crippen LogP contribution < -0.4 is 10.0 Å². The summed E-state index contributed by atoms with van der Waals surface area (Å²) >= 11 is 1.66. The molecule has 0 radical (unpaired) electrons. The Kier molecular flexibility index (Phi) is 6.12. The summed E-state index contributed by atoms with van der Waals surface area (Å²) in [6.45, 7) is 3.43. The maximum absolute atomic E-state index is 12.4. The molecule has 7 nitrogen and oxygen atoms in total. The van der Waals surface area contributed by atoms with Crippen molar-refractivity contribution < 1.29 is 23.1 Å². The van der Waals surface area contributed by atoms with Gasteiger partial charge < -0.3 is 10.4 Å². The second-order valence-corrected chi connectivity index (χ2v) is 9.19. The third kappa shape index (κ3) is 4.74. The van der Waals surface area contributed by atoms with Gasteiger partial charge >= 0.3 is 5.97 Å². The van der Waals surface area contributed by atoms with Gasteiger partial charge in [-0.3, -0.25) is 4.79 Å². The average molecular weight is 386 g/mol. The Hall–Kier alpha value is -1.58. The van der Waals surface area contributed by atoms with Crippen LogP contribution in [0.15, 0.2) is 29.2 Å². The molecule has 0 aromatic heterocycles. The molecule has 138 valence electrons. The van der Waals surface area contributed by atoms with E-state index in [0.717, 1.165) is 0 Å². The smallest absolute Gasteiger partial charge is 0.329 e. The molecule has 1 saturated heterocycles. The van der Waals surface area contributed by atoms with E-state index >= 15 is 0 Å². The SMILES string of the molecule is CC(C)NS(=O)(=O)c1ccc(C(=O)NC2(C(=O)O)CCSCC2)cc1. The van der Waals surface area contributed by atoms with Gasteiger partial charge in [-0.1, -0.05) is 0 Å². The van der Waals surface area contributed by atoms with Gasteiger partial charge in [-0.2, -0.15) is 11.8 Å². The average Bonchev–Trinajstić information content (AvgIpc) is 2.54. The number of amides is 1. The summed E-state index contributed by atoms with van der Waals surface area (Å²) in [7, 11) is -3.63. The van der Waals surface area contributed by atoms with Crippen LogP contribution in [0.25, 0.3) is 0 Å². The lowest BCUT2D eigenvalue weighted by Crippen LogP contribution is -2.56. The van der Waals surface area contributed by atoms with Gasteiger partial charge in [0.25, 0.3) is 5.91 Å². The van der Waals surface area contributed by atoms with Crippen LogP contribution in [0.3, 0.4) is 0 Å². The number of carbonyl (C=O) groups excluding carboxylic acids is 1. The quantitative estimate of drug-likeness (QED) is 0.682. The number of carbonyl (C=O) groups is 2. The fraction of sp³-hybridized carbons (Fsp3) is 0.500. The number of benzene rings is 1. The molecule has 1 aliphatic rings. The van der Waals surface area contributed by atoms with Gasteiger partial charge in [0.2, 0.25) is 10.0 Å². The molecule has 1 aliphatic heterocycles. The van der Waals surface area contributed by atoms with Crippen molar-refractivity contribution in [2.45, 2.75) is 43.2 Å². The summed E-state index contributed by atoms with van der Waals surface area (Å²) in [5, 5.41) is 12.1. The molecule has 25 heavy (non-hydrogen) atoms. The number of thioether (sulfide) groups is 1. The van der Waals surface area contributed by atoms with E-state index in [-0.39, 0.29) is 16.5 Å². The topological polar surface area (TPSA) is 113 Å². The van der Waals surface area contributed by atoms with Crippen molar-refractivity contribution in [2.75, 3.05) is 11.5 Å².